The van der Waals surface area contributed by atoms with Gasteiger partial charge in [0.1, 0.15) is 11.0 Å². The molecular formula is C18H23ClN4. The number of hydrogen-bond donors (Lipinski definition) is 0. The first-order chi connectivity index (χ1) is 10.8. The van der Waals surface area contributed by atoms with Crippen molar-refractivity contribution in [2.24, 2.45) is 0 Å². The molecule has 0 saturated heterocycles. The van der Waals surface area contributed by atoms with Crippen LogP contribution in [0.5, 0.6) is 0 Å². The van der Waals surface area contributed by atoms with Crippen LogP contribution in [0.1, 0.15) is 49.0 Å². The van der Waals surface area contributed by atoms with Gasteiger partial charge in [-0.3, -0.25) is 4.90 Å². The number of fused-ring (bicyclic) bond motifs is 1. The van der Waals surface area contributed by atoms with E-state index < -0.39 is 0 Å². The first-order valence-corrected chi connectivity index (χ1v) is 8.39. The molecule has 0 spiro atoms. The minimum Gasteiger partial charge on any atom is -0.294 e. The Balaban J connectivity index is 1.75. The highest BCUT2D eigenvalue weighted by Crippen LogP contribution is 2.24. The largest absolute Gasteiger partial charge is 0.294 e. The molecule has 0 aliphatic carbocycles. The molecule has 2 aromatic rings. The first kappa shape index (κ1) is 16.3. The second kappa shape index (κ2) is 6.17. The van der Waals surface area contributed by atoms with Crippen molar-refractivity contribution < 1.29 is 0 Å². The summed E-state index contributed by atoms with van der Waals surface area (Å²) >= 11 is 5.94. The van der Waals surface area contributed by atoms with Crippen LogP contribution in [-0.4, -0.2) is 26.4 Å². The Bertz CT molecular complexity index is 721. The third-order valence-electron chi connectivity index (χ3n) is 4.26. The topological polar surface area (TPSA) is 41.9 Å². The lowest BCUT2D eigenvalue weighted by atomic mass is 9.95. The maximum atomic E-state index is 5.94. The van der Waals surface area contributed by atoms with Gasteiger partial charge in [0.2, 0.25) is 0 Å². The van der Waals surface area contributed by atoms with Gasteiger partial charge in [-0.1, -0.05) is 32.4 Å². The maximum Gasteiger partial charge on any atom is 0.133 e. The van der Waals surface area contributed by atoms with E-state index in [4.69, 9.17) is 16.6 Å². The monoisotopic (exact) mass is 330 g/mol. The van der Waals surface area contributed by atoms with Crippen molar-refractivity contribution in [1.29, 1.82) is 0 Å². The molecule has 3 heterocycles. The number of nitrogens with zero attached hydrogens (tertiary/aromatic N) is 4. The summed E-state index contributed by atoms with van der Waals surface area (Å²) in [5.41, 5.74) is 4.86. The van der Waals surface area contributed by atoms with Crippen molar-refractivity contribution >= 4 is 11.6 Å². The maximum absolute atomic E-state index is 5.94. The van der Waals surface area contributed by atoms with Crippen LogP contribution in [0.4, 0.5) is 0 Å². The third kappa shape index (κ3) is 3.70. The standard InChI is InChI=1S/C18H23ClN4/c1-12-7-16(19)20-8-13(12)10-23-6-5-15-14(11-23)9-21-17(22-15)18(2,3)4/h7-9H,5-6,10-11H2,1-4H3. The highest BCUT2D eigenvalue weighted by atomic mass is 35.5. The highest BCUT2D eigenvalue weighted by molar-refractivity contribution is 6.29. The predicted octanol–water partition coefficient (Wildman–Crippen LogP) is 3.69. The number of aromatic nitrogens is 3. The molecule has 23 heavy (non-hydrogen) atoms. The molecule has 0 radical (unpaired) electrons. The van der Waals surface area contributed by atoms with Crippen LogP contribution in [0.25, 0.3) is 0 Å². The molecule has 2 aromatic heterocycles. The minimum atomic E-state index is -0.00173. The summed E-state index contributed by atoms with van der Waals surface area (Å²) in [7, 11) is 0. The molecular weight excluding hydrogens is 308 g/mol. The molecule has 0 fully saturated rings. The number of halogens is 1. The fourth-order valence-electron chi connectivity index (χ4n) is 2.83. The zero-order valence-corrected chi connectivity index (χ0v) is 15.0. The summed E-state index contributed by atoms with van der Waals surface area (Å²) in [6, 6.07) is 1.92. The lowest BCUT2D eigenvalue weighted by Gasteiger charge is -2.29. The molecule has 4 nitrogen and oxygen atoms in total. The molecule has 0 bridgehead atoms. The Morgan fingerprint density at radius 3 is 2.70 bits per heavy atom. The molecule has 5 heteroatoms. The van der Waals surface area contributed by atoms with Gasteiger partial charge in [0.25, 0.3) is 0 Å². The van der Waals surface area contributed by atoms with Gasteiger partial charge < -0.3 is 0 Å². The van der Waals surface area contributed by atoms with Gasteiger partial charge in [0.15, 0.2) is 0 Å². The van der Waals surface area contributed by atoms with E-state index >= 15 is 0 Å². The van der Waals surface area contributed by atoms with Gasteiger partial charge >= 0.3 is 0 Å². The van der Waals surface area contributed by atoms with Gasteiger partial charge in [0, 0.05) is 55.1 Å². The van der Waals surface area contributed by atoms with Gasteiger partial charge in [-0.2, -0.15) is 0 Å². The zero-order valence-electron chi connectivity index (χ0n) is 14.2. The molecule has 0 unspecified atom stereocenters. The van der Waals surface area contributed by atoms with E-state index in [1.807, 2.05) is 18.5 Å². The van der Waals surface area contributed by atoms with Crippen LogP contribution in [0.3, 0.4) is 0 Å². The lowest BCUT2D eigenvalue weighted by molar-refractivity contribution is 0.241. The Kier molecular flexibility index (Phi) is 4.39. The fraction of sp³-hybridized carbons (Fsp3) is 0.500. The SMILES string of the molecule is Cc1cc(Cl)ncc1CN1CCc2nc(C(C)(C)C)ncc2C1. The molecule has 0 N–H and O–H groups in total. The number of hydrogen-bond acceptors (Lipinski definition) is 4. The normalized spacial score (nSPS) is 15.5. The van der Waals surface area contributed by atoms with E-state index in [1.54, 1.807) is 0 Å². The van der Waals surface area contributed by atoms with Crippen molar-refractivity contribution in [2.75, 3.05) is 6.54 Å². The molecule has 0 amide bonds. The summed E-state index contributed by atoms with van der Waals surface area (Å²) in [5, 5.41) is 0.554. The van der Waals surface area contributed by atoms with Gasteiger partial charge in [0.05, 0.1) is 0 Å². The van der Waals surface area contributed by atoms with Crippen LogP contribution in [0.15, 0.2) is 18.5 Å². The fourth-order valence-corrected chi connectivity index (χ4v) is 3.04. The molecule has 0 aromatic carbocycles. The average Bonchev–Trinajstić information content (AvgIpc) is 2.48. The Morgan fingerprint density at radius 1 is 1.22 bits per heavy atom. The molecule has 1 aliphatic rings. The molecule has 1 aliphatic heterocycles. The summed E-state index contributed by atoms with van der Waals surface area (Å²) in [6.07, 6.45) is 4.86. The van der Waals surface area contributed by atoms with Crippen molar-refractivity contribution in [3.05, 3.63) is 51.8 Å². The van der Waals surface area contributed by atoms with E-state index in [2.05, 4.69) is 42.6 Å². The van der Waals surface area contributed by atoms with Crippen LogP contribution in [0.2, 0.25) is 5.15 Å². The summed E-state index contributed by atoms with van der Waals surface area (Å²) < 4.78 is 0. The zero-order chi connectivity index (χ0) is 16.6. The minimum absolute atomic E-state index is 0.00173. The number of rotatable bonds is 2. The summed E-state index contributed by atoms with van der Waals surface area (Å²) in [5.74, 6) is 0.933. The number of aryl methyl sites for hydroxylation is 1. The number of pyridine rings is 1. The Labute approximate surface area is 142 Å². The van der Waals surface area contributed by atoms with Crippen LogP contribution < -0.4 is 0 Å². The third-order valence-corrected chi connectivity index (χ3v) is 4.47. The van der Waals surface area contributed by atoms with E-state index in [0.29, 0.717) is 5.15 Å². The van der Waals surface area contributed by atoms with Crippen LogP contribution in [0, 0.1) is 6.92 Å². The lowest BCUT2D eigenvalue weighted by Crippen LogP contribution is -2.32. The van der Waals surface area contributed by atoms with Crippen molar-refractivity contribution in [1.82, 2.24) is 19.9 Å². The smallest absolute Gasteiger partial charge is 0.133 e. The Morgan fingerprint density at radius 2 is 2.00 bits per heavy atom. The second-order valence-corrected chi connectivity index (χ2v) is 7.70. The van der Waals surface area contributed by atoms with Crippen molar-refractivity contribution in [3.63, 3.8) is 0 Å². The quantitative estimate of drug-likeness (QED) is 0.787. The second-order valence-electron chi connectivity index (χ2n) is 7.31. The van der Waals surface area contributed by atoms with Crippen molar-refractivity contribution in [3.8, 4) is 0 Å². The Hall–Kier alpha value is -1.52. The van der Waals surface area contributed by atoms with E-state index in [0.717, 1.165) is 31.9 Å². The van der Waals surface area contributed by atoms with Gasteiger partial charge in [-0.05, 0) is 24.1 Å². The van der Waals surface area contributed by atoms with Gasteiger partial charge in [-0.15, -0.1) is 0 Å². The van der Waals surface area contributed by atoms with E-state index in [1.165, 1.54) is 22.4 Å². The predicted molar refractivity (Wildman–Crippen MR) is 92.5 cm³/mol. The molecule has 0 atom stereocenters. The highest BCUT2D eigenvalue weighted by Gasteiger charge is 2.23. The summed E-state index contributed by atoms with van der Waals surface area (Å²) in [4.78, 5) is 16.0. The van der Waals surface area contributed by atoms with E-state index in [-0.39, 0.29) is 5.41 Å². The average molecular weight is 331 g/mol. The molecule has 0 saturated carbocycles. The molecule has 3 rings (SSSR count). The van der Waals surface area contributed by atoms with Crippen molar-refractivity contribution in [2.45, 2.75) is 52.6 Å². The molecule has 122 valence electrons. The van der Waals surface area contributed by atoms with E-state index in [9.17, 15) is 0 Å². The first-order valence-electron chi connectivity index (χ1n) is 8.01. The summed E-state index contributed by atoms with van der Waals surface area (Å²) in [6.45, 7) is 11.3. The van der Waals surface area contributed by atoms with Crippen LogP contribution >= 0.6 is 11.6 Å². The van der Waals surface area contributed by atoms with Gasteiger partial charge in [-0.25, -0.2) is 15.0 Å². The van der Waals surface area contributed by atoms with Crippen LogP contribution in [-0.2, 0) is 24.9 Å².